The van der Waals surface area contributed by atoms with Gasteiger partial charge in [0.15, 0.2) is 0 Å². The number of benzene rings is 2. The van der Waals surface area contributed by atoms with Gasteiger partial charge in [0.1, 0.15) is 5.69 Å². The molecule has 0 aliphatic heterocycles. The van der Waals surface area contributed by atoms with Crippen molar-refractivity contribution in [1.29, 1.82) is 0 Å². The molecule has 0 radical (unpaired) electrons. The Kier molecular flexibility index (Phi) is 4.99. The molecule has 0 spiro atoms. The highest BCUT2D eigenvalue weighted by Crippen LogP contribution is 2.21. The Morgan fingerprint density at radius 3 is 2.55 bits per heavy atom. The number of carbonyl (C=O) groups is 1. The van der Waals surface area contributed by atoms with E-state index in [2.05, 4.69) is 20.4 Å². The van der Waals surface area contributed by atoms with Crippen molar-refractivity contribution in [1.82, 2.24) is 19.6 Å². The second-order valence-electron chi connectivity index (χ2n) is 6.54. The topological polar surface area (TPSA) is 72.2 Å². The lowest BCUT2D eigenvalue weighted by Crippen LogP contribution is -2.15. The highest BCUT2D eigenvalue weighted by molar-refractivity contribution is 6.02. The molecular formula is C21H17F2N5O. The zero-order valence-corrected chi connectivity index (χ0v) is 15.5. The van der Waals surface area contributed by atoms with Crippen molar-refractivity contribution in [3.05, 3.63) is 89.0 Å². The molecule has 0 fully saturated rings. The van der Waals surface area contributed by atoms with Crippen LogP contribution in [0.3, 0.4) is 0 Å². The molecule has 4 aromatic rings. The van der Waals surface area contributed by atoms with Crippen molar-refractivity contribution >= 4 is 17.4 Å². The van der Waals surface area contributed by atoms with E-state index in [1.165, 1.54) is 6.07 Å². The van der Waals surface area contributed by atoms with E-state index in [4.69, 9.17) is 0 Å². The van der Waals surface area contributed by atoms with Crippen LogP contribution in [0.1, 0.15) is 39.6 Å². The molecule has 4 rings (SSSR count). The van der Waals surface area contributed by atoms with Gasteiger partial charge in [-0.2, -0.15) is 9.50 Å². The molecule has 0 atom stereocenters. The largest absolute Gasteiger partial charge is 0.319 e. The third-order valence-corrected chi connectivity index (χ3v) is 4.40. The van der Waals surface area contributed by atoms with Gasteiger partial charge in [0.05, 0.1) is 0 Å². The van der Waals surface area contributed by atoms with Crippen LogP contribution in [0.2, 0.25) is 0 Å². The standard InChI is InChI=1S/C21H17F2N5O/c1-13-11-17(18(22)23)28-21(24-13)26-19(27-28)20(29)25-16-10-6-5-9-15(16)12-14-7-3-2-4-8-14/h2-11,18H,12H2,1H3,(H,25,29). The molecule has 0 saturated carbocycles. The number of halogens is 2. The molecule has 2 heterocycles. The molecule has 2 aromatic heterocycles. The molecule has 29 heavy (non-hydrogen) atoms. The number of amides is 1. The molecule has 0 aliphatic rings. The summed E-state index contributed by atoms with van der Waals surface area (Å²) in [5, 5.41) is 6.71. The van der Waals surface area contributed by atoms with Crippen molar-refractivity contribution in [2.75, 3.05) is 5.32 Å². The average Bonchev–Trinajstić information content (AvgIpc) is 3.13. The number of aromatic nitrogens is 4. The molecule has 0 unspecified atom stereocenters. The number of rotatable bonds is 5. The lowest BCUT2D eigenvalue weighted by molar-refractivity contribution is 0.101. The third-order valence-electron chi connectivity index (χ3n) is 4.40. The molecule has 2 aromatic carbocycles. The molecule has 6 nitrogen and oxygen atoms in total. The van der Waals surface area contributed by atoms with E-state index in [1.54, 1.807) is 19.1 Å². The van der Waals surface area contributed by atoms with Gasteiger partial charge in [-0.15, -0.1) is 5.10 Å². The van der Waals surface area contributed by atoms with E-state index in [1.807, 2.05) is 42.5 Å². The molecule has 1 N–H and O–H groups in total. The van der Waals surface area contributed by atoms with E-state index >= 15 is 0 Å². The van der Waals surface area contributed by atoms with Crippen molar-refractivity contribution in [2.45, 2.75) is 19.8 Å². The van der Waals surface area contributed by atoms with Gasteiger partial charge in [0, 0.05) is 11.4 Å². The zero-order chi connectivity index (χ0) is 20.4. The fraction of sp³-hybridized carbons (Fsp3) is 0.143. The van der Waals surface area contributed by atoms with Crippen LogP contribution in [0.5, 0.6) is 0 Å². The van der Waals surface area contributed by atoms with Gasteiger partial charge in [-0.3, -0.25) is 4.79 Å². The van der Waals surface area contributed by atoms with Gasteiger partial charge < -0.3 is 5.32 Å². The maximum absolute atomic E-state index is 13.3. The van der Waals surface area contributed by atoms with Gasteiger partial charge in [-0.25, -0.2) is 13.8 Å². The second kappa shape index (κ2) is 7.75. The normalized spacial score (nSPS) is 11.2. The second-order valence-corrected chi connectivity index (χ2v) is 6.54. The van der Waals surface area contributed by atoms with Crippen molar-refractivity contribution < 1.29 is 13.6 Å². The first-order valence-corrected chi connectivity index (χ1v) is 8.97. The summed E-state index contributed by atoms with van der Waals surface area (Å²) in [5.74, 6) is -0.851. The summed E-state index contributed by atoms with van der Waals surface area (Å²) in [7, 11) is 0. The minimum absolute atomic E-state index is 0.0389. The molecule has 0 aliphatic carbocycles. The Labute approximate surface area is 165 Å². The van der Waals surface area contributed by atoms with Crippen LogP contribution in [0, 0.1) is 6.92 Å². The first-order valence-electron chi connectivity index (χ1n) is 8.97. The number of nitrogens with one attached hydrogen (secondary N) is 1. The average molecular weight is 393 g/mol. The highest BCUT2D eigenvalue weighted by Gasteiger charge is 2.20. The fourth-order valence-electron chi connectivity index (χ4n) is 3.06. The van der Waals surface area contributed by atoms with Crippen LogP contribution >= 0.6 is 0 Å². The quantitative estimate of drug-likeness (QED) is 0.551. The van der Waals surface area contributed by atoms with Crippen LogP contribution in [0.4, 0.5) is 14.5 Å². The van der Waals surface area contributed by atoms with E-state index in [9.17, 15) is 13.6 Å². The predicted octanol–water partition coefficient (Wildman–Crippen LogP) is 4.21. The van der Waals surface area contributed by atoms with Crippen LogP contribution in [-0.4, -0.2) is 25.5 Å². The van der Waals surface area contributed by atoms with Gasteiger partial charge in [0.2, 0.25) is 5.82 Å². The molecule has 8 heteroatoms. The molecule has 1 amide bonds. The van der Waals surface area contributed by atoms with Crippen LogP contribution < -0.4 is 5.32 Å². The Bertz CT molecular complexity index is 1170. The third kappa shape index (κ3) is 3.96. The van der Waals surface area contributed by atoms with Gasteiger partial charge in [0.25, 0.3) is 18.1 Å². The Hall–Kier alpha value is -3.68. The number of hydrogen-bond acceptors (Lipinski definition) is 4. The molecule has 146 valence electrons. The first-order chi connectivity index (χ1) is 14.0. The number of hydrogen-bond donors (Lipinski definition) is 1. The number of aryl methyl sites for hydroxylation is 1. The predicted molar refractivity (Wildman–Crippen MR) is 104 cm³/mol. The van der Waals surface area contributed by atoms with Crippen molar-refractivity contribution in [3.8, 4) is 0 Å². The summed E-state index contributed by atoms with van der Waals surface area (Å²) < 4.78 is 27.5. The summed E-state index contributed by atoms with van der Waals surface area (Å²) in [4.78, 5) is 20.8. The minimum atomic E-state index is -2.76. The van der Waals surface area contributed by atoms with Crippen molar-refractivity contribution in [2.24, 2.45) is 0 Å². The number of carbonyl (C=O) groups excluding carboxylic acids is 1. The maximum Gasteiger partial charge on any atom is 0.295 e. The summed E-state index contributed by atoms with van der Waals surface area (Å²) in [6.07, 6.45) is -2.13. The Morgan fingerprint density at radius 2 is 1.79 bits per heavy atom. The maximum atomic E-state index is 13.3. The smallest absolute Gasteiger partial charge is 0.295 e. The molecule has 0 bridgehead atoms. The van der Waals surface area contributed by atoms with Gasteiger partial charge >= 0.3 is 0 Å². The monoisotopic (exact) mass is 393 g/mol. The summed E-state index contributed by atoms with van der Waals surface area (Å²) >= 11 is 0. The highest BCUT2D eigenvalue weighted by atomic mass is 19.3. The summed E-state index contributed by atoms with van der Waals surface area (Å²) in [5.41, 5.74) is 2.64. The number of para-hydroxylation sites is 1. The van der Waals surface area contributed by atoms with Crippen LogP contribution in [-0.2, 0) is 6.42 Å². The van der Waals surface area contributed by atoms with Gasteiger partial charge in [-0.1, -0.05) is 48.5 Å². The molecule has 0 saturated heterocycles. The number of nitrogens with zero attached hydrogens (tertiary/aromatic N) is 4. The minimum Gasteiger partial charge on any atom is -0.319 e. The van der Waals surface area contributed by atoms with Crippen LogP contribution in [0.15, 0.2) is 60.7 Å². The van der Waals surface area contributed by atoms with E-state index in [0.29, 0.717) is 17.8 Å². The Balaban J connectivity index is 1.63. The number of alkyl halides is 2. The SMILES string of the molecule is Cc1cc(C(F)F)n2nc(C(=O)Nc3ccccc3Cc3ccccc3)nc2n1. The number of fused-ring (bicyclic) bond motifs is 1. The van der Waals surface area contributed by atoms with Crippen molar-refractivity contribution in [3.63, 3.8) is 0 Å². The van der Waals surface area contributed by atoms with E-state index in [-0.39, 0.29) is 17.3 Å². The zero-order valence-electron chi connectivity index (χ0n) is 15.5. The van der Waals surface area contributed by atoms with E-state index in [0.717, 1.165) is 15.6 Å². The van der Waals surface area contributed by atoms with Crippen LogP contribution in [0.25, 0.3) is 5.78 Å². The fourth-order valence-corrected chi connectivity index (χ4v) is 3.06. The lowest BCUT2D eigenvalue weighted by atomic mass is 10.0. The summed E-state index contributed by atoms with van der Waals surface area (Å²) in [6, 6.07) is 18.5. The lowest BCUT2D eigenvalue weighted by Gasteiger charge is -2.10. The summed E-state index contributed by atoms with van der Waals surface area (Å²) in [6.45, 7) is 1.58. The first kappa shape index (κ1) is 18.7. The van der Waals surface area contributed by atoms with Gasteiger partial charge in [-0.05, 0) is 36.6 Å². The Morgan fingerprint density at radius 1 is 1.07 bits per heavy atom. The number of anilines is 1. The van der Waals surface area contributed by atoms with E-state index < -0.39 is 12.3 Å². The molecular weight excluding hydrogens is 376 g/mol.